The molecule has 0 amide bonds. The number of carbonyl (C=O) groups is 1. The van der Waals surface area contributed by atoms with Crippen molar-refractivity contribution in [1.82, 2.24) is 4.98 Å². The molecule has 3 aromatic rings. The number of rotatable bonds is 3. The van der Waals surface area contributed by atoms with Gasteiger partial charge in [-0.3, -0.25) is 0 Å². The monoisotopic (exact) mass is 293 g/mol. The average molecular weight is 293 g/mol. The van der Waals surface area contributed by atoms with Crippen LogP contribution >= 0.6 is 0 Å². The van der Waals surface area contributed by atoms with Crippen LogP contribution in [0.5, 0.6) is 0 Å². The van der Waals surface area contributed by atoms with Crippen LogP contribution in [0.3, 0.4) is 0 Å². The summed E-state index contributed by atoms with van der Waals surface area (Å²) in [6.45, 7) is 1.96. The molecule has 0 spiro atoms. The number of pyridine rings is 1. The number of hydrogen-bond acceptors (Lipinski definition) is 4. The van der Waals surface area contributed by atoms with E-state index in [4.69, 9.17) is 10.8 Å². The Bertz CT molecular complexity index is 875. The van der Waals surface area contributed by atoms with Gasteiger partial charge in [0.2, 0.25) is 0 Å². The van der Waals surface area contributed by atoms with Gasteiger partial charge in [0, 0.05) is 28.3 Å². The molecule has 5 heteroatoms. The maximum Gasteiger partial charge on any atom is 0.335 e. The molecule has 0 unspecified atom stereocenters. The van der Waals surface area contributed by atoms with Crippen LogP contribution in [-0.4, -0.2) is 16.1 Å². The third-order valence-corrected chi connectivity index (χ3v) is 3.58. The molecule has 22 heavy (non-hydrogen) atoms. The average Bonchev–Trinajstić information content (AvgIpc) is 2.52. The predicted molar refractivity (Wildman–Crippen MR) is 87.6 cm³/mol. The zero-order chi connectivity index (χ0) is 15.7. The van der Waals surface area contributed by atoms with E-state index in [0.29, 0.717) is 11.5 Å². The Morgan fingerprint density at radius 2 is 2.00 bits per heavy atom. The Morgan fingerprint density at radius 3 is 2.77 bits per heavy atom. The second kappa shape index (κ2) is 5.37. The maximum absolute atomic E-state index is 11.0. The number of benzene rings is 2. The van der Waals surface area contributed by atoms with Crippen molar-refractivity contribution in [3.63, 3.8) is 0 Å². The number of nitrogens with two attached hydrogens (primary N) is 1. The van der Waals surface area contributed by atoms with Crippen LogP contribution in [0.25, 0.3) is 10.8 Å². The van der Waals surface area contributed by atoms with E-state index in [1.54, 1.807) is 30.5 Å². The summed E-state index contributed by atoms with van der Waals surface area (Å²) in [5.74, 6) is -0.318. The number of nitrogen functional groups attached to an aromatic ring is 1. The van der Waals surface area contributed by atoms with Crippen molar-refractivity contribution in [3.05, 3.63) is 59.8 Å². The third-order valence-electron chi connectivity index (χ3n) is 3.58. The minimum absolute atomic E-state index is 0.223. The van der Waals surface area contributed by atoms with Crippen LogP contribution < -0.4 is 11.1 Å². The van der Waals surface area contributed by atoms with Gasteiger partial charge in [-0.1, -0.05) is 18.2 Å². The predicted octanol–water partition coefficient (Wildman–Crippen LogP) is 3.57. The second-order valence-electron chi connectivity index (χ2n) is 5.06. The number of nitrogens with zero attached hydrogens (tertiary/aromatic N) is 1. The summed E-state index contributed by atoms with van der Waals surface area (Å²) < 4.78 is 0. The number of anilines is 3. The lowest BCUT2D eigenvalue weighted by molar-refractivity contribution is 0.0697. The van der Waals surface area contributed by atoms with Gasteiger partial charge in [-0.15, -0.1) is 0 Å². The van der Waals surface area contributed by atoms with Gasteiger partial charge in [0.1, 0.15) is 5.82 Å². The normalized spacial score (nSPS) is 10.6. The number of carboxylic acids is 1. The lowest BCUT2D eigenvalue weighted by atomic mass is 10.1. The number of fused-ring (bicyclic) bond motifs is 1. The standard InChI is InChI=1S/C17H15N3O2/c1-10-5-6-14-13(15(10)18)7-8-19-16(14)20-12-4-2-3-11(9-12)17(21)22/h2-9H,18H2,1H3,(H,19,20)(H,21,22). The van der Waals surface area contributed by atoms with Gasteiger partial charge in [-0.2, -0.15) is 0 Å². The molecule has 0 aliphatic rings. The highest BCUT2D eigenvalue weighted by Gasteiger charge is 2.08. The van der Waals surface area contributed by atoms with Crippen LogP contribution in [0.4, 0.5) is 17.2 Å². The molecule has 0 aliphatic heterocycles. The first-order chi connectivity index (χ1) is 10.6. The zero-order valence-electron chi connectivity index (χ0n) is 12.0. The SMILES string of the molecule is Cc1ccc2c(Nc3cccc(C(=O)O)c3)nccc2c1N. The van der Waals surface area contributed by atoms with Gasteiger partial charge in [0.15, 0.2) is 0 Å². The topological polar surface area (TPSA) is 88.2 Å². The molecule has 5 nitrogen and oxygen atoms in total. The number of nitrogens with one attached hydrogen (secondary N) is 1. The Balaban J connectivity index is 2.06. The molecule has 4 N–H and O–H groups in total. The number of aromatic carboxylic acids is 1. The highest BCUT2D eigenvalue weighted by molar-refractivity contribution is 6.01. The van der Waals surface area contributed by atoms with Crippen molar-refractivity contribution in [1.29, 1.82) is 0 Å². The Kier molecular flexibility index (Phi) is 3.39. The van der Waals surface area contributed by atoms with Gasteiger partial charge in [0.25, 0.3) is 0 Å². The van der Waals surface area contributed by atoms with Crippen molar-refractivity contribution in [2.45, 2.75) is 6.92 Å². The molecule has 0 saturated heterocycles. The molecule has 0 atom stereocenters. The van der Waals surface area contributed by atoms with E-state index in [9.17, 15) is 4.79 Å². The van der Waals surface area contributed by atoms with Crippen LogP contribution in [0, 0.1) is 6.92 Å². The van der Waals surface area contributed by atoms with Crippen LogP contribution in [0.15, 0.2) is 48.7 Å². The van der Waals surface area contributed by atoms with Crippen molar-refractivity contribution < 1.29 is 9.90 Å². The van der Waals surface area contributed by atoms with Crippen LogP contribution in [0.2, 0.25) is 0 Å². The molecule has 3 rings (SSSR count). The molecular formula is C17H15N3O2. The van der Waals surface area contributed by atoms with E-state index in [0.717, 1.165) is 22.0 Å². The number of hydrogen-bond donors (Lipinski definition) is 3. The minimum atomic E-state index is -0.964. The molecule has 0 fully saturated rings. The summed E-state index contributed by atoms with van der Waals surface area (Å²) >= 11 is 0. The van der Waals surface area contributed by atoms with Gasteiger partial charge in [-0.05, 0) is 36.8 Å². The molecule has 1 aromatic heterocycles. The molecule has 110 valence electrons. The van der Waals surface area contributed by atoms with Crippen molar-refractivity contribution >= 4 is 33.9 Å². The van der Waals surface area contributed by atoms with E-state index in [-0.39, 0.29) is 5.56 Å². The maximum atomic E-state index is 11.0. The fraction of sp³-hybridized carbons (Fsp3) is 0.0588. The summed E-state index contributed by atoms with van der Waals surface area (Å²) in [7, 11) is 0. The summed E-state index contributed by atoms with van der Waals surface area (Å²) in [5.41, 5.74) is 8.74. The van der Waals surface area contributed by atoms with E-state index >= 15 is 0 Å². The highest BCUT2D eigenvalue weighted by atomic mass is 16.4. The molecule has 0 radical (unpaired) electrons. The van der Waals surface area contributed by atoms with Crippen molar-refractivity contribution in [3.8, 4) is 0 Å². The minimum Gasteiger partial charge on any atom is -0.478 e. The fourth-order valence-electron chi connectivity index (χ4n) is 2.35. The fourth-order valence-corrected chi connectivity index (χ4v) is 2.35. The Morgan fingerprint density at radius 1 is 1.18 bits per heavy atom. The van der Waals surface area contributed by atoms with Crippen molar-refractivity contribution in [2.24, 2.45) is 0 Å². The lowest BCUT2D eigenvalue weighted by Gasteiger charge is -2.11. The van der Waals surface area contributed by atoms with E-state index < -0.39 is 5.97 Å². The highest BCUT2D eigenvalue weighted by Crippen LogP contribution is 2.30. The van der Waals surface area contributed by atoms with E-state index in [1.165, 1.54) is 0 Å². The first kappa shape index (κ1) is 13.9. The number of aryl methyl sites for hydroxylation is 1. The third kappa shape index (κ3) is 2.44. The largest absolute Gasteiger partial charge is 0.478 e. The Hall–Kier alpha value is -3.08. The van der Waals surface area contributed by atoms with Crippen molar-refractivity contribution in [2.75, 3.05) is 11.1 Å². The molecule has 1 heterocycles. The van der Waals surface area contributed by atoms with Gasteiger partial charge in [0.05, 0.1) is 5.56 Å². The van der Waals surface area contributed by atoms with E-state index in [2.05, 4.69) is 10.3 Å². The van der Waals surface area contributed by atoms with Gasteiger partial charge >= 0.3 is 5.97 Å². The Labute approximate surface area is 127 Å². The molecule has 0 aliphatic carbocycles. The summed E-state index contributed by atoms with van der Waals surface area (Å²) in [6.07, 6.45) is 1.68. The second-order valence-corrected chi connectivity index (χ2v) is 5.06. The van der Waals surface area contributed by atoms with E-state index in [1.807, 2.05) is 25.1 Å². The van der Waals surface area contributed by atoms with Gasteiger partial charge < -0.3 is 16.2 Å². The van der Waals surface area contributed by atoms with Gasteiger partial charge in [-0.25, -0.2) is 9.78 Å². The van der Waals surface area contributed by atoms with Crippen LogP contribution in [0.1, 0.15) is 15.9 Å². The zero-order valence-corrected chi connectivity index (χ0v) is 12.0. The quantitative estimate of drug-likeness (QED) is 0.642. The molecule has 0 bridgehead atoms. The lowest BCUT2D eigenvalue weighted by Crippen LogP contribution is -2.00. The summed E-state index contributed by atoms with van der Waals surface area (Å²) in [6, 6.07) is 12.4. The summed E-state index contributed by atoms with van der Waals surface area (Å²) in [4.78, 5) is 15.4. The number of aromatic nitrogens is 1. The smallest absolute Gasteiger partial charge is 0.335 e. The molecule has 0 saturated carbocycles. The summed E-state index contributed by atoms with van der Waals surface area (Å²) in [5, 5.41) is 14.0. The number of carboxylic acid groups (broad SMARTS) is 1. The van der Waals surface area contributed by atoms with Crippen LogP contribution in [-0.2, 0) is 0 Å². The molecule has 2 aromatic carbocycles. The molecular weight excluding hydrogens is 278 g/mol. The first-order valence-electron chi connectivity index (χ1n) is 6.80. The first-order valence-corrected chi connectivity index (χ1v) is 6.80.